The Kier molecular flexibility index (Phi) is 7.90. The first kappa shape index (κ1) is 28.9. The van der Waals surface area contributed by atoms with Crippen molar-refractivity contribution in [1.82, 2.24) is 4.98 Å². The number of nitrogens with one attached hydrogen (secondary N) is 1. The van der Waals surface area contributed by atoms with E-state index in [0.29, 0.717) is 35.1 Å². The first-order chi connectivity index (χ1) is 22.0. The van der Waals surface area contributed by atoms with E-state index in [2.05, 4.69) is 34.5 Å². The lowest BCUT2D eigenvalue weighted by atomic mass is 10.0. The van der Waals surface area contributed by atoms with Gasteiger partial charge in [0.15, 0.2) is 0 Å². The molecule has 2 amide bonds. The number of fused-ring (bicyclic) bond motifs is 3. The van der Waals surface area contributed by atoms with E-state index in [1.54, 1.807) is 25.1 Å². The second-order valence-corrected chi connectivity index (χ2v) is 12.7. The van der Waals surface area contributed by atoms with Crippen LogP contribution in [-0.4, -0.2) is 35.9 Å². The predicted octanol–water partition coefficient (Wildman–Crippen LogP) is 7.92. The molecule has 4 heterocycles. The molecule has 0 spiro atoms. The first-order valence-corrected chi connectivity index (χ1v) is 16.2. The summed E-state index contributed by atoms with van der Waals surface area (Å²) >= 11 is 1.37. The van der Waals surface area contributed by atoms with E-state index in [1.165, 1.54) is 23.0 Å². The van der Waals surface area contributed by atoms with Crippen LogP contribution in [0.3, 0.4) is 0 Å². The number of aromatic nitrogens is 1. The molecule has 0 unspecified atom stereocenters. The monoisotopic (exact) mass is 616 g/mol. The fourth-order valence-corrected chi connectivity index (χ4v) is 7.60. The summed E-state index contributed by atoms with van der Waals surface area (Å²) in [5.41, 5.74) is 5.24. The largest absolute Gasteiger partial charge is 0.353 e. The Hall–Kier alpha value is -4.82. The molecule has 0 radical (unpaired) electrons. The lowest BCUT2D eigenvalue weighted by Gasteiger charge is -2.27. The van der Waals surface area contributed by atoms with Crippen LogP contribution in [0.1, 0.15) is 49.7 Å². The second kappa shape index (κ2) is 12.3. The summed E-state index contributed by atoms with van der Waals surface area (Å²) in [5.74, 6) is -0.122. The minimum atomic E-state index is -0.463. The zero-order chi connectivity index (χ0) is 30.9. The van der Waals surface area contributed by atoms with Crippen LogP contribution >= 0.6 is 11.3 Å². The molecule has 226 valence electrons. The van der Waals surface area contributed by atoms with Crippen molar-refractivity contribution < 1.29 is 14.0 Å². The highest BCUT2D eigenvalue weighted by Crippen LogP contribution is 2.42. The summed E-state index contributed by atoms with van der Waals surface area (Å²) in [6.07, 6.45) is 3.71. The zero-order valence-electron chi connectivity index (χ0n) is 25.0. The minimum absolute atomic E-state index is 0.147. The van der Waals surface area contributed by atoms with E-state index in [0.717, 1.165) is 53.3 Å². The highest BCUT2D eigenvalue weighted by molar-refractivity contribution is 7.17. The van der Waals surface area contributed by atoms with Gasteiger partial charge in [-0.1, -0.05) is 66.7 Å². The average molecular weight is 617 g/mol. The number of carbonyl (C=O) groups excluding carboxylic acids is 2. The molecule has 0 aliphatic carbocycles. The maximum absolute atomic E-state index is 14.4. The number of hydrogen-bond acceptors (Lipinski definition) is 5. The Morgan fingerprint density at radius 3 is 2.60 bits per heavy atom. The van der Waals surface area contributed by atoms with E-state index < -0.39 is 5.82 Å². The number of rotatable bonds is 6. The van der Waals surface area contributed by atoms with Gasteiger partial charge in [-0.15, -0.1) is 11.3 Å². The average Bonchev–Trinajstić information content (AvgIpc) is 3.68. The predicted molar refractivity (Wildman–Crippen MR) is 179 cm³/mol. The molecule has 2 aromatic heterocycles. The molecule has 1 N–H and O–H groups in total. The summed E-state index contributed by atoms with van der Waals surface area (Å²) in [6.45, 7) is 3.13. The summed E-state index contributed by atoms with van der Waals surface area (Å²) in [5, 5.41) is 2.76. The van der Waals surface area contributed by atoms with Gasteiger partial charge >= 0.3 is 0 Å². The standard InChI is InChI=1S/C37H33FN4O2S/c1-24-10-7-15-29(38)34(24)40-36(43)32-23-26-19-21-42(31-17-6-5-14-28(31)35(26)45-32)37(44)30-16-8-18-33(39-30)41-20-9-13-27(41)22-25-11-3-2-4-12-25/h2-8,10-12,14-18,23,27H,9,13,19-22H2,1H3,(H,40,43)/t27-/m0/s1. The smallest absolute Gasteiger partial charge is 0.276 e. The number of benzene rings is 3. The van der Waals surface area contributed by atoms with Crippen LogP contribution in [0.2, 0.25) is 0 Å². The van der Waals surface area contributed by atoms with E-state index in [9.17, 15) is 14.0 Å². The number of amides is 2. The van der Waals surface area contributed by atoms with Crippen molar-refractivity contribution >= 4 is 40.3 Å². The topological polar surface area (TPSA) is 65.5 Å². The van der Waals surface area contributed by atoms with Gasteiger partial charge in [0.05, 0.1) is 16.3 Å². The second-order valence-electron chi connectivity index (χ2n) is 11.6. The first-order valence-electron chi connectivity index (χ1n) is 15.3. The highest BCUT2D eigenvalue weighted by atomic mass is 32.1. The van der Waals surface area contributed by atoms with Crippen molar-refractivity contribution in [2.24, 2.45) is 0 Å². The van der Waals surface area contributed by atoms with Gasteiger partial charge in [0.2, 0.25) is 0 Å². The Bertz CT molecular complexity index is 1870. The van der Waals surface area contributed by atoms with Crippen molar-refractivity contribution in [3.05, 3.63) is 130 Å². The number of aryl methyl sites for hydroxylation is 1. The molecule has 8 heteroatoms. The number of pyridine rings is 1. The van der Waals surface area contributed by atoms with E-state index >= 15 is 0 Å². The molecule has 0 bridgehead atoms. The Morgan fingerprint density at radius 2 is 1.76 bits per heavy atom. The van der Waals surface area contributed by atoms with Gasteiger partial charge in [-0.3, -0.25) is 9.59 Å². The molecule has 0 saturated carbocycles. The lowest BCUT2D eigenvalue weighted by Crippen LogP contribution is -2.35. The summed E-state index contributed by atoms with van der Waals surface area (Å²) < 4.78 is 14.4. The van der Waals surface area contributed by atoms with Crippen molar-refractivity contribution in [3.8, 4) is 10.4 Å². The fourth-order valence-electron chi connectivity index (χ4n) is 6.46. The van der Waals surface area contributed by atoms with Crippen molar-refractivity contribution in [3.63, 3.8) is 0 Å². The number of hydrogen-bond donors (Lipinski definition) is 1. The summed E-state index contributed by atoms with van der Waals surface area (Å²) in [6, 6.07) is 31.0. The van der Waals surface area contributed by atoms with Crippen molar-refractivity contribution in [1.29, 1.82) is 0 Å². The molecule has 3 aromatic carbocycles. The molecular formula is C37H33FN4O2S. The van der Waals surface area contributed by atoms with Crippen LogP contribution in [0, 0.1) is 12.7 Å². The van der Waals surface area contributed by atoms with Gasteiger partial charge in [0.1, 0.15) is 17.3 Å². The number of halogens is 1. The number of thiophene rings is 1. The van der Waals surface area contributed by atoms with Gasteiger partial charge in [-0.05, 0) is 79.6 Å². The molecule has 5 aromatic rings. The lowest BCUT2D eigenvalue weighted by molar-refractivity contribution is 0.0981. The fraction of sp³-hybridized carbons (Fsp3) is 0.216. The maximum atomic E-state index is 14.4. The van der Waals surface area contributed by atoms with Gasteiger partial charge in [-0.25, -0.2) is 9.37 Å². The third-order valence-electron chi connectivity index (χ3n) is 8.72. The molecule has 1 fully saturated rings. The Labute approximate surface area is 266 Å². The number of nitrogens with zero attached hydrogens (tertiary/aromatic N) is 3. The van der Waals surface area contributed by atoms with E-state index in [-0.39, 0.29) is 17.5 Å². The molecule has 45 heavy (non-hydrogen) atoms. The number of anilines is 3. The molecular weight excluding hydrogens is 583 g/mol. The Balaban J connectivity index is 1.14. The quantitative estimate of drug-likeness (QED) is 0.211. The molecule has 6 nitrogen and oxygen atoms in total. The molecule has 1 saturated heterocycles. The van der Waals surface area contributed by atoms with Crippen LogP contribution in [0.25, 0.3) is 10.4 Å². The SMILES string of the molecule is Cc1cccc(F)c1NC(=O)c1cc2c(s1)-c1ccccc1N(C(=O)c1cccc(N3CCC[C@H]3Cc3ccccc3)n1)CC2. The summed E-state index contributed by atoms with van der Waals surface area (Å²) in [7, 11) is 0. The maximum Gasteiger partial charge on any atom is 0.276 e. The number of carbonyl (C=O) groups is 2. The molecule has 1 atom stereocenters. The van der Waals surface area contributed by atoms with Gasteiger partial charge in [0, 0.05) is 29.6 Å². The number of para-hydroxylation sites is 2. The van der Waals surface area contributed by atoms with Gasteiger partial charge < -0.3 is 15.1 Å². The minimum Gasteiger partial charge on any atom is -0.353 e. The van der Waals surface area contributed by atoms with Crippen molar-refractivity contribution in [2.75, 3.05) is 28.2 Å². The van der Waals surface area contributed by atoms with E-state index in [1.807, 2.05) is 53.4 Å². The van der Waals surface area contributed by atoms with Gasteiger partial charge in [-0.2, -0.15) is 0 Å². The molecule has 2 aliphatic rings. The van der Waals surface area contributed by atoms with Gasteiger partial charge in [0.25, 0.3) is 11.8 Å². The van der Waals surface area contributed by atoms with Crippen LogP contribution < -0.4 is 15.1 Å². The van der Waals surface area contributed by atoms with Crippen LogP contribution in [0.4, 0.5) is 21.6 Å². The van der Waals surface area contributed by atoms with Crippen molar-refractivity contribution in [2.45, 2.75) is 38.6 Å². The summed E-state index contributed by atoms with van der Waals surface area (Å²) in [4.78, 5) is 37.8. The van der Waals surface area contributed by atoms with Crippen LogP contribution in [0.5, 0.6) is 0 Å². The van der Waals surface area contributed by atoms with E-state index in [4.69, 9.17) is 4.98 Å². The highest BCUT2D eigenvalue weighted by Gasteiger charge is 2.30. The van der Waals surface area contributed by atoms with Crippen LogP contribution in [0.15, 0.2) is 97.1 Å². The van der Waals surface area contributed by atoms with Crippen LogP contribution in [-0.2, 0) is 12.8 Å². The normalized spacial score (nSPS) is 15.7. The Morgan fingerprint density at radius 1 is 0.956 bits per heavy atom. The zero-order valence-corrected chi connectivity index (χ0v) is 25.8. The molecule has 2 aliphatic heterocycles. The molecule has 7 rings (SSSR count). The third-order valence-corrected chi connectivity index (χ3v) is 9.93. The third kappa shape index (κ3) is 5.73.